The third-order valence-electron chi connectivity index (χ3n) is 9.66. The number of aliphatic hydroxyl groups is 1. The summed E-state index contributed by atoms with van der Waals surface area (Å²) in [5.41, 5.74) is -1.17. The molecule has 1 spiro atoms. The summed E-state index contributed by atoms with van der Waals surface area (Å²) in [6, 6.07) is -1.50. The van der Waals surface area contributed by atoms with E-state index in [1.54, 1.807) is 24.0 Å². The van der Waals surface area contributed by atoms with Crippen LogP contribution in [-0.2, 0) is 28.7 Å². The van der Waals surface area contributed by atoms with E-state index in [1.807, 2.05) is 18.7 Å². The van der Waals surface area contributed by atoms with Crippen LogP contribution < -0.4 is 5.32 Å². The van der Waals surface area contributed by atoms with Crippen LogP contribution in [0.25, 0.3) is 0 Å². The van der Waals surface area contributed by atoms with Crippen molar-refractivity contribution in [3.63, 3.8) is 0 Å². The SMILES string of the molecule is C=CCCC(=O)NC[C@H](C)OC(=O)[C@@H]1[C@H]2C(=O)N([C@@H](CO)C(C)C)[C@H](C(=O)N(CC=C)C3CCCCC3)[C@]23CC[C@H]1O3. The lowest BCUT2D eigenvalue weighted by molar-refractivity contribution is -0.160. The predicted molar refractivity (Wildman–Crippen MR) is 157 cm³/mol. The van der Waals surface area contributed by atoms with Crippen LogP contribution >= 0.6 is 0 Å². The number of amides is 3. The van der Waals surface area contributed by atoms with Gasteiger partial charge in [0.25, 0.3) is 0 Å². The Bertz CT molecular complexity index is 1040. The van der Waals surface area contributed by atoms with Crippen molar-refractivity contribution in [1.29, 1.82) is 0 Å². The number of aliphatic hydroxyl groups excluding tert-OH is 1. The zero-order valence-corrected chi connectivity index (χ0v) is 25.5. The summed E-state index contributed by atoms with van der Waals surface area (Å²) in [5, 5.41) is 13.2. The Kier molecular flexibility index (Phi) is 10.5. The number of esters is 1. The molecule has 0 aromatic carbocycles. The van der Waals surface area contributed by atoms with Gasteiger partial charge in [-0.25, -0.2) is 0 Å². The molecule has 1 aliphatic carbocycles. The van der Waals surface area contributed by atoms with Gasteiger partial charge in [-0.1, -0.05) is 45.3 Å². The third-order valence-corrected chi connectivity index (χ3v) is 9.66. The summed E-state index contributed by atoms with van der Waals surface area (Å²) in [6.07, 6.45) is 9.11. The molecule has 7 atom stereocenters. The van der Waals surface area contributed by atoms with Gasteiger partial charge in [0.15, 0.2) is 0 Å². The van der Waals surface area contributed by atoms with Crippen LogP contribution in [0.3, 0.4) is 0 Å². The van der Waals surface area contributed by atoms with Crippen molar-refractivity contribution in [3.8, 4) is 0 Å². The molecular formula is C32H49N3O7. The Morgan fingerprint density at radius 1 is 1.17 bits per heavy atom. The number of carbonyl (C=O) groups is 4. The van der Waals surface area contributed by atoms with Gasteiger partial charge in [-0.15, -0.1) is 13.2 Å². The first-order valence-corrected chi connectivity index (χ1v) is 15.7. The van der Waals surface area contributed by atoms with Gasteiger partial charge in [0.05, 0.1) is 37.1 Å². The summed E-state index contributed by atoms with van der Waals surface area (Å²) in [6.45, 7) is 13.2. The lowest BCUT2D eigenvalue weighted by Crippen LogP contribution is -2.61. The largest absolute Gasteiger partial charge is 0.460 e. The second-order valence-corrected chi connectivity index (χ2v) is 12.7. The minimum atomic E-state index is -1.17. The minimum Gasteiger partial charge on any atom is -0.460 e. The van der Waals surface area contributed by atoms with Crippen LogP contribution in [0.5, 0.6) is 0 Å². The lowest BCUT2D eigenvalue weighted by Gasteiger charge is -2.43. The quantitative estimate of drug-likeness (QED) is 0.237. The Balaban J connectivity index is 1.62. The van der Waals surface area contributed by atoms with Crippen LogP contribution in [0.4, 0.5) is 0 Å². The van der Waals surface area contributed by atoms with E-state index < -0.39 is 47.7 Å². The number of nitrogens with one attached hydrogen (secondary N) is 1. The van der Waals surface area contributed by atoms with E-state index in [-0.39, 0.29) is 42.8 Å². The van der Waals surface area contributed by atoms with E-state index in [2.05, 4.69) is 18.5 Å². The predicted octanol–water partition coefficient (Wildman–Crippen LogP) is 2.74. The van der Waals surface area contributed by atoms with Crippen LogP contribution in [0.2, 0.25) is 0 Å². The van der Waals surface area contributed by atoms with E-state index in [9.17, 15) is 24.3 Å². The lowest BCUT2D eigenvalue weighted by atomic mass is 9.70. The molecule has 3 amide bonds. The average molecular weight is 588 g/mol. The van der Waals surface area contributed by atoms with Crippen LogP contribution in [0.15, 0.2) is 25.3 Å². The molecule has 2 bridgehead atoms. The smallest absolute Gasteiger partial charge is 0.312 e. The molecule has 42 heavy (non-hydrogen) atoms. The van der Waals surface area contributed by atoms with Gasteiger partial charge in [0.1, 0.15) is 17.7 Å². The first-order valence-electron chi connectivity index (χ1n) is 15.7. The van der Waals surface area contributed by atoms with Crippen LogP contribution in [0, 0.1) is 17.8 Å². The maximum absolute atomic E-state index is 14.6. The van der Waals surface area contributed by atoms with Crippen molar-refractivity contribution in [3.05, 3.63) is 25.3 Å². The second-order valence-electron chi connectivity index (χ2n) is 12.7. The van der Waals surface area contributed by atoms with Crippen molar-refractivity contribution in [2.75, 3.05) is 19.7 Å². The maximum atomic E-state index is 14.6. The Morgan fingerprint density at radius 3 is 2.50 bits per heavy atom. The first-order chi connectivity index (χ1) is 20.1. The first kappa shape index (κ1) is 32.2. The van der Waals surface area contributed by atoms with E-state index in [1.165, 1.54) is 0 Å². The summed E-state index contributed by atoms with van der Waals surface area (Å²) in [7, 11) is 0. The minimum absolute atomic E-state index is 0.0465. The highest BCUT2D eigenvalue weighted by molar-refractivity contribution is 5.98. The van der Waals surface area contributed by atoms with Crippen LogP contribution in [-0.4, -0.2) is 94.2 Å². The topological polar surface area (TPSA) is 125 Å². The highest BCUT2D eigenvalue weighted by Gasteiger charge is 2.76. The summed E-state index contributed by atoms with van der Waals surface area (Å²) in [4.78, 5) is 58.0. The fourth-order valence-corrected chi connectivity index (χ4v) is 7.62. The fraction of sp³-hybridized carbons (Fsp3) is 0.750. The zero-order chi connectivity index (χ0) is 30.6. The van der Waals surface area contributed by atoms with Gasteiger partial charge in [0, 0.05) is 19.0 Å². The summed E-state index contributed by atoms with van der Waals surface area (Å²) in [5.74, 6) is -3.11. The zero-order valence-electron chi connectivity index (χ0n) is 25.5. The number of hydrogen-bond acceptors (Lipinski definition) is 7. The average Bonchev–Trinajstić information content (AvgIpc) is 3.61. The number of ether oxygens (including phenoxy) is 2. The van der Waals surface area contributed by atoms with E-state index in [0.29, 0.717) is 32.2 Å². The Labute approximate surface area is 249 Å². The molecule has 0 aromatic rings. The molecule has 2 N–H and O–H groups in total. The molecule has 3 saturated heterocycles. The molecule has 4 aliphatic rings. The van der Waals surface area contributed by atoms with E-state index in [4.69, 9.17) is 9.47 Å². The number of rotatable bonds is 14. The van der Waals surface area contributed by atoms with E-state index >= 15 is 0 Å². The van der Waals surface area contributed by atoms with Gasteiger partial charge in [0.2, 0.25) is 17.7 Å². The standard InChI is InChI=1S/C32H49N3O7/c1-6-8-14-25(37)33-18-21(5)41-31(40)26-24-15-16-32(42-24)27(26)29(38)35(23(19-36)20(3)4)28(32)30(39)34(17-7-2)22-12-10-9-11-13-22/h6-7,20-24,26-28,36H,1-2,8-19H2,3-5H3,(H,33,37)/t21-,23-,24+,26-,27-,28+,32-/m0/s1. The number of likely N-dealkylation sites (tertiary alicyclic amines) is 1. The molecule has 10 heteroatoms. The van der Waals surface area contributed by atoms with Crippen LogP contribution in [0.1, 0.15) is 78.6 Å². The number of fused-ring (bicyclic) bond motifs is 1. The molecule has 4 rings (SSSR count). The van der Waals surface area contributed by atoms with Crippen molar-refractivity contribution in [2.45, 2.75) is 114 Å². The molecule has 0 aromatic heterocycles. The van der Waals surface area contributed by atoms with Gasteiger partial charge in [-0.2, -0.15) is 0 Å². The normalized spacial score (nSPS) is 30.1. The van der Waals surface area contributed by atoms with Crippen molar-refractivity contribution >= 4 is 23.7 Å². The molecule has 3 heterocycles. The van der Waals surface area contributed by atoms with E-state index in [0.717, 1.165) is 32.1 Å². The van der Waals surface area contributed by atoms with Gasteiger partial charge in [-0.3, -0.25) is 19.2 Å². The molecule has 3 aliphatic heterocycles. The fourth-order valence-electron chi connectivity index (χ4n) is 7.62. The third kappa shape index (κ3) is 6.02. The highest BCUT2D eigenvalue weighted by atomic mass is 16.6. The van der Waals surface area contributed by atoms with Gasteiger partial charge < -0.3 is 29.7 Å². The molecule has 4 fully saturated rings. The summed E-state index contributed by atoms with van der Waals surface area (Å²) >= 11 is 0. The van der Waals surface area contributed by atoms with Crippen molar-refractivity contribution in [1.82, 2.24) is 15.1 Å². The van der Waals surface area contributed by atoms with Gasteiger partial charge in [-0.05, 0) is 44.9 Å². The number of allylic oxidation sites excluding steroid dienone is 1. The monoisotopic (exact) mass is 587 g/mol. The van der Waals surface area contributed by atoms with Gasteiger partial charge >= 0.3 is 5.97 Å². The molecule has 0 radical (unpaired) electrons. The number of hydrogen-bond donors (Lipinski definition) is 2. The number of carbonyl (C=O) groups excluding carboxylic acids is 4. The molecule has 10 nitrogen and oxygen atoms in total. The molecule has 234 valence electrons. The summed E-state index contributed by atoms with van der Waals surface area (Å²) < 4.78 is 12.3. The molecular weight excluding hydrogens is 538 g/mol. The van der Waals surface area contributed by atoms with Crippen molar-refractivity contribution in [2.24, 2.45) is 17.8 Å². The molecule has 1 saturated carbocycles. The van der Waals surface area contributed by atoms with Crippen molar-refractivity contribution < 1.29 is 33.8 Å². The highest BCUT2D eigenvalue weighted by Crippen LogP contribution is 2.59. The second kappa shape index (κ2) is 13.7. The number of nitrogens with zero attached hydrogens (tertiary/aromatic N) is 2. The Morgan fingerprint density at radius 2 is 1.88 bits per heavy atom. The maximum Gasteiger partial charge on any atom is 0.312 e. The Hall–Kier alpha value is -2.72. The molecule has 0 unspecified atom stereocenters.